The molecule has 1 amide bonds. The number of rotatable bonds is 7. The number of carboxylic acid groups (broad SMARTS) is 1. The van der Waals surface area contributed by atoms with Crippen LogP contribution >= 0.6 is 0 Å². The maximum absolute atomic E-state index is 11.6. The first-order valence-corrected chi connectivity index (χ1v) is 7.87. The predicted octanol–water partition coefficient (Wildman–Crippen LogP) is 1.62. The van der Waals surface area contributed by atoms with Gasteiger partial charge in [0.05, 0.1) is 0 Å². The smallest absolute Gasteiger partial charge is 0.303 e. The highest BCUT2D eigenvalue weighted by atomic mass is 16.4. The fraction of sp³-hybridized carbons (Fsp3) is 0.867. The number of carboxylic acids is 1. The molecule has 2 fully saturated rings. The molecule has 0 bridgehead atoms. The Morgan fingerprint density at radius 1 is 1.15 bits per heavy atom. The van der Waals surface area contributed by atoms with Crippen molar-refractivity contribution >= 4 is 11.9 Å². The van der Waals surface area contributed by atoms with Gasteiger partial charge in [0.2, 0.25) is 5.91 Å². The van der Waals surface area contributed by atoms with Crippen molar-refractivity contribution in [3.05, 3.63) is 0 Å². The topological polar surface area (TPSA) is 69.6 Å². The Balaban J connectivity index is 1.58. The third kappa shape index (κ3) is 4.78. The first-order chi connectivity index (χ1) is 9.65. The molecule has 1 saturated carbocycles. The summed E-state index contributed by atoms with van der Waals surface area (Å²) in [5.41, 5.74) is 0. The van der Waals surface area contributed by atoms with Gasteiger partial charge in [-0.1, -0.05) is 12.8 Å². The molecule has 20 heavy (non-hydrogen) atoms. The number of carbonyl (C=O) groups excluding carboxylic acids is 1. The molecule has 0 radical (unpaired) electrons. The van der Waals surface area contributed by atoms with Crippen LogP contribution < -0.4 is 5.32 Å². The van der Waals surface area contributed by atoms with E-state index in [0.717, 1.165) is 19.1 Å². The maximum Gasteiger partial charge on any atom is 0.303 e. The molecule has 2 N–H and O–H groups in total. The molecule has 1 atom stereocenters. The number of nitrogens with zero attached hydrogens (tertiary/aromatic N) is 1. The van der Waals surface area contributed by atoms with Gasteiger partial charge in [0.25, 0.3) is 0 Å². The zero-order chi connectivity index (χ0) is 14.4. The molecule has 2 rings (SSSR count). The zero-order valence-electron chi connectivity index (χ0n) is 12.1. The minimum Gasteiger partial charge on any atom is -0.481 e. The zero-order valence-corrected chi connectivity index (χ0v) is 12.1. The summed E-state index contributed by atoms with van der Waals surface area (Å²) in [6.45, 7) is 3.03. The lowest BCUT2D eigenvalue weighted by molar-refractivity contribution is -0.137. The molecule has 0 aromatic rings. The molecule has 0 aromatic carbocycles. The van der Waals surface area contributed by atoms with Gasteiger partial charge < -0.3 is 15.3 Å². The van der Waals surface area contributed by atoms with Crippen molar-refractivity contribution in [2.45, 2.75) is 57.4 Å². The van der Waals surface area contributed by atoms with E-state index in [1.165, 1.54) is 38.6 Å². The van der Waals surface area contributed by atoms with Gasteiger partial charge in [-0.15, -0.1) is 0 Å². The Morgan fingerprint density at radius 2 is 1.90 bits per heavy atom. The van der Waals surface area contributed by atoms with Crippen LogP contribution in [-0.2, 0) is 9.59 Å². The molecule has 2 aliphatic rings. The quantitative estimate of drug-likeness (QED) is 0.744. The third-order valence-corrected chi connectivity index (χ3v) is 4.54. The molecule has 1 heterocycles. The van der Waals surface area contributed by atoms with Gasteiger partial charge in [0.1, 0.15) is 0 Å². The molecular formula is C15H26N2O3. The summed E-state index contributed by atoms with van der Waals surface area (Å²) in [7, 11) is 0. The lowest BCUT2D eigenvalue weighted by Crippen LogP contribution is -2.34. The summed E-state index contributed by atoms with van der Waals surface area (Å²) in [5, 5.41) is 11.5. The summed E-state index contributed by atoms with van der Waals surface area (Å²) in [6.07, 6.45) is 7.42. The summed E-state index contributed by atoms with van der Waals surface area (Å²) in [6, 6.07) is 0.784. The number of amides is 1. The Morgan fingerprint density at radius 3 is 2.60 bits per heavy atom. The number of nitrogens with one attached hydrogen (secondary N) is 1. The minimum atomic E-state index is -0.833. The highest BCUT2D eigenvalue weighted by molar-refractivity contribution is 5.76. The first kappa shape index (κ1) is 15.3. The van der Waals surface area contributed by atoms with Crippen LogP contribution in [0.15, 0.2) is 0 Å². The largest absolute Gasteiger partial charge is 0.481 e. The van der Waals surface area contributed by atoms with Crippen LogP contribution in [0.5, 0.6) is 0 Å². The van der Waals surface area contributed by atoms with Crippen molar-refractivity contribution in [1.82, 2.24) is 10.2 Å². The number of likely N-dealkylation sites (tertiary alicyclic amines) is 1. The highest BCUT2D eigenvalue weighted by Gasteiger charge is 2.29. The van der Waals surface area contributed by atoms with Crippen LogP contribution in [0.1, 0.15) is 51.4 Å². The Bertz CT molecular complexity index is 340. The van der Waals surface area contributed by atoms with Gasteiger partial charge in [0, 0.05) is 32.0 Å². The Labute approximate surface area is 120 Å². The molecule has 114 valence electrons. The van der Waals surface area contributed by atoms with Crippen LogP contribution in [0, 0.1) is 5.92 Å². The van der Waals surface area contributed by atoms with E-state index >= 15 is 0 Å². The van der Waals surface area contributed by atoms with E-state index in [9.17, 15) is 9.59 Å². The second kappa shape index (κ2) is 7.62. The summed E-state index contributed by atoms with van der Waals surface area (Å²) >= 11 is 0. The number of hydrogen-bond donors (Lipinski definition) is 2. The van der Waals surface area contributed by atoms with Crippen LogP contribution in [0.4, 0.5) is 0 Å². The monoisotopic (exact) mass is 282 g/mol. The predicted molar refractivity (Wildman–Crippen MR) is 76.4 cm³/mol. The standard InChI is InChI=1S/C15H26N2O3/c18-14(6-3-7-15(19)20)16-10-12-8-9-17(11-12)13-4-1-2-5-13/h12-13H,1-11H2,(H,16,18)(H,19,20)/t12-/m1/s1. The van der Waals surface area contributed by atoms with E-state index in [1.807, 2.05) is 0 Å². The van der Waals surface area contributed by atoms with Crippen molar-refractivity contribution in [3.63, 3.8) is 0 Å². The molecule has 5 nitrogen and oxygen atoms in total. The SMILES string of the molecule is O=C(O)CCCC(=O)NC[C@H]1CCN(C2CCCC2)C1. The summed E-state index contributed by atoms with van der Waals surface area (Å²) in [5.74, 6) is -0.273. The molecular weight excluding hydrogens is 256 g/mol. The molecule has 0 unspecified atom stereocenters. The first-order valence-electron chi connectivity index (χ1n) is 7.87. The van der Waals surface area contributed by atoms with Crippen LogP contribution in [0.25, 0.3) is 0 Å². The fourth-order valence-corrected chi connectivity index (χ4v) is 3.38. The van der Waals surface area contributed by atoms with E-state index in [0.29, 0.717) is 18.8 Å². The molecule has 1 aliphatic carbocycles. The third-order valence-electron chi connectivity index (χ3n) is 4.54. The van der Waals surface area contributed by atoms with Gasteiger partial charge in [-0.2, -0.15) is 0 Å². The summed E-state index contributed by atoms with van der Waals surface area (Å²) < 4.78 is 0. The Kier molecular flexibility index (Phi) is 5.83. The van der Waals surface area contributed by atoms with Crippen molar-refractivity contribution in [3.8, 4) is 0 Å². The van der Waals surface area contributed by atoms with Gasteiger partial charge in [0.15, 0.2) is 0 Å². The maximum atomic E-state index is 11.6. The van der Waals surface area contributed by atoms with E-state index in [4.69, 9.17) is 5.11 Å². The van der Waals surface area contributed by atoms with Gasteiger partial charge in [-0.05, 0) is 38.1 Å². The average molecular weight is 282 g/mol. The average Bonchev–Trinajstić information content (AvgIpc) is 3.06. The van der Waals surface area contributed by atoms with Crippen LogP contribution in [-0.4, -0.2) is 47.6 Å². The second-order valence-corrected chi connectivity index (χ2v) is 6.14. The summed E-state index contributed by atoms with van der Waals surface area (Å²) in [4.78, 5) is 24.6. The molecule has 0 spiro atoms. The second-order valence-electron chi connectivity index (χ2n) is 6.14. The van der Waals surface area contributed by atoms with Crippen LogP contribution in [0.2, 0.25) is 0 Å². The number of carbonyl (C=O) groups is 2. The van der Waals surface area contributed by atoms with Crippen molar-refractivity contribution in [2.75, 3.05) is 19.6 Å². The molecule has 1 aliphatic heterocycles. The normalized spacial score (nSPS) is 24.1. The van der Waals surface area contributed by atoms with Crippen molar-refractivity contribution in [1.29, 1.82) is 0 Å². The van der Waals surface area contributed by atoms with Crippen molar-refractivity contribution in [2.24, 2.45) is 5.92 Å². The van der Waals surface area contributed by atoms with E-state index in [1.54, 1.807) is 0 Å². The lowest BCUT2D eigenvalue weighted by Gasteiger charge is -2.23. The van der Waals surface area contributed by atoms with E-state index < -0.39 is 5.97 Å². The Hall–Kier alpha value is -1.10. The fourth-order valence-electron chi connectivity index (χ4n) is 3.38. The van der Waals surface area contributed by atoms with Crippen LogP contribution in [0.3, 0.4) is 0 Å². The van der Waals surface area contributed by atoms with Gasteiger partial charge >= 0.3 is 5.97 Å². The van der Waals surface area contributed by atoms with Gasteiger partial charge in [-0.3, -0.25) is 9.59 Å². The molecule has 0 aromatic heterocycles. The lowest BCUT2D eigenvalue weighted by atomic mass is 10.1. The molecule has 1 saturated heterocycles. The molecule has 5 heteroatoms. The van der Waals surface area contributed by atoms with Crippen molar-refractivity contribution < 1.29 is 14.7 Å². The van der Waals surface area contributed by atoms with E-state index in [-0.39, 0.29) is 12.3 Å². The highest BCUT2D eigenvalue weighted by Crippen LogP contribution is 2.28. The number of hydrogen-bond acceptors (Lipinski definition) is 3. The van der Waals surface area contributed by atoms with Gasteiger partial charge in [-0.25, -0.2) is 0 Å². The minimum absolute atomic E-state index is 0.00873. The van der Waals surface area contributed by atoms with E-state index in [2.05, 4.69) is 10.2 Å². The number of aliphatic carboxylic acids is 1.